The van der Waals surface area contributed by atoms with Crippen molar-refractivity contribution in [3.63, 3.8) is 0 Å². The van der Waals surface area contributed by atoms with Gasteiger partial charge in [0.25, 0.3) is 0 Å². The highest BCUT2D eigenvalue weighted by molar-refractivity contribution is 5.51. The number of rotatable bonds is 7. The van der Waals surface area contributed by atoms with Crippen molar-refractivity contribution >= 4 is 5.69 Å². The van der Waals surface area contributed by atoms with Crippen molar-refractivity contribution in [3.05, 3.63) is 29.8 Å². The van der Waals surface area contributed by atoms with E-state index in [1.165, 1.54) is 43.7 Å². The van der Waals surface area contributed by atoms with Crippen LogP contribution in [0.2, 0.25) is 0 Å². The van der Waals surface area contributed by atoms with Crippen molar-refractivity contribution < 1.29 is 4.74 Å². The average Bonchev–Trinajstić information content (AvgIpc) is 2.54. The van der Waals surface area contributed by atoms with Gasteiger partial charge in [-0.25, -0.2) is 0 Å². The topological polar surface area (TPSA) is 24.5 Å². The Kier molecular flexibility index (Phi) is 6.52. The number of piperidine rings is 1. The first-order valence-corrected chi connectivity index (χ1v) is 8.30. The second-order valence-corrected chi connectivity index (χ2v) is 6.10. The molecule has 0 aliphatic carbocycles. The van der Waals surface area contributed by atoms with Crippen molar-refractivity contribution in [1.82, 2.24) is 4.90 Å². The van der Waals surface area contributed by atoms with E-state index in [0.29, 0.717) is 6.04 Å². The van der Waals surface area contributed by atoms with Crippen LogP contribution < -0.4 is 5.32 Å². The van der Waals surface area contributed by atoms with Gasteiger partial charge in [-0.1, -0.05) is 25.1 Å². The molecule has 1 N–H and O–H groups in total. The highest BCUT2D eigenvalue weighted by Gasteiger charge is 2.23. The number of benzene rings is 1. The third-order valence-electron chi connectivity index (χ3n) is 4.76. The molecule has 21 heavy (non-hydrogen) atoms. The van der Waals surface area contributed by atoms with Gasteiger partial charge in [-0.3, -0.25) is 0 Å². The maximum Gasteiger partial charge on any atom is 0.0503 e. The molecule has 1 aromatic carbocycles. The quantitative estimate of drug-likeness (QED) is 0.833. The predicted octanol–water partition coefficient (Wildman–Crippen LogP) is 3.41. The van der Waals surface area contributed by atoms with Gasteiger partial charge in [-0.2, -0.15) is 0 Å². The van der Waals surface area contributed by atoms with Crippen LogP contribution in [0, 0.1) is 5.92 Å². The summed E-state index contributed by atoms with van der Waals surface area (Å²) in [4.78, 5) is 2.55. The minimum Gasteiger partial charge on any atom is -0.384 e. The molecule has 0 saturated carbocycles. The van der Waals surface area contributed by atoms with E-state index in [2.05, 4.69) is 48.3 Å². The fourth-order valence-corrected chi connectivity index (χ4v) is 3.22. The van der Waals surface area contributed by atoms with Gasteiger partial charge >= 0.3 is 0 Å². The summed E-state index contributed by atoms with van der Waals surface area (Å²) >= 11 is 0. The molecule has 1 heterocycles. The zero-order valence-corrected chi connectivity index (χ0v) is 13.8. The number of nitrogens with one attached hydrogen (secondary N) is 1. The first-order chi connectivity index (χ1) is 10.2. The Morgan fingerprint density at radius 2 is 2.00 bits per heavy atom. The first kappa shape index (κ1) is 16.3. The van der Waals surface area contributed by atoms with Crippen molar-refractivity contribution in [2.45, 2.75) is 39.2 Å². The lowest BCUT2D eigenvalue weighted by molar-refractivity contribution is 0.183. The molecule has 1 unspecified atom stereocenters. The van der Waals surface area contributed by atoms with E-state index in [9.17, 15) is 0 Å². The van der Waals surface area contributed by atoms with Crippen LogP contribution in [0.5, 0.6) is 0 Å². The number of nitrogens with zero attached hydrogens (tertiary/aromatic N) is 1. The molecule has 1 fully saturated rings. The molecule has 0 bridgehead atoms. The van der Waals surface area contributed by atoms with Gasteiger partial charge in [0.2, 0.25) is 0 Å². The standard InChI is InChI=1S/C18H30N2O/c1-4-20-12-9-16(10-13-20)15(2)19-18-8-6-5-7-17(18)11-14-21-3/h5-8,15-16,19H,4,9-14H2,1-3H3. The van der Waals surface area contributed by atoms with Crippen LogP contribution in [0.1, 0.15) is 32.3 Å². The van der Waals surface area contributed by atoms with Crippen molar-refractivity contribution in [1.29, 1.82) is 0 Å². The van der Waals surface area contributed by atoms with Gasteiger partial charge in [-0.15, -0.1) is 0 Å². The number of anilines is 1. The molecular formula is C18H30N2O. The molecule has 118 valence electrons. The Morgan fingerprint density at radius 1 is 1.29 bits per heavy atom. The summed E-state index contributed by atoms with van der Waals surface area (Å²) in [5.41, 5.74) is 2.64. The number of hydrogen-bond donors (Lipinski definition) is 1. The van der Waals surface area contributed by atoms with Crippen LogP contribution in [0.25, 0.3) is 0 Å². The number of methoxy groups -OCH3 is 1. The van der Waals surface area contributed by atoms with Crippen LogP contribution in [-0.2, 0) is 11.2 Å². The summed E-state index contributed by atoms with van der Waals surface area (Å²) < 4.78 is 5.21. The van der Waals surface area contributed by atoms with Crippen LogP contribution in [0.4, 0.5) is 5.69 Å². The Hall–Kier alpha value is -1.06. The van der Waals surface area contributed by atoms with Gasteiger partial charge in [-0.05, 0) is 63.4 Å². The summed E-state index contributed by atoms with van der Waals surface area (Å²) in [7, 11) is 1.76. The van der Waals surface area contributed by atoms with Gasteiger partial charge in [0.05, 0.1) is 6.61 Å². The summed E-state index contributed by atoms with van der Waals surface area (Å²) in [5.74, 6) is 0.781. The molecule has 1 aliphatic heterocycles. The van der Waals surface area contributed by atoms with Crippen LogP contribution >= 0.6 is 0 Å². The van der Waals surface area contributed by atoms with Crippen LogP contribution in [0.15, 0.2) is 24.3 Å². The predicted molar refractivity (Wildman–Crippen MR) is 89.9 cm³/mol. The van der Waals surface area contributed by atoms with Crippen molar-refractivity contribution in [2.24, 2.45) is 5.92 Å². The third kappa shape index (κ3) is 4.72. The summed E-state index contributed by atoms with van der Waals surface area (Å²) in [6, 6.07) is 9.16. The summed E-state index contributed by atoms with van der Waals surface area (Å²) in [5, 5.41) is 3.75. The van der Waals surface area contributed by atoms with E-state index < -0.39 is 0 Å². The van der Waals surface area contributed by atoms with Gasteiger partial charge in [0.15, 0.2) is 0 Å². The maximum absolute atomic E-state index is 5.21. The number of para-hydroxylation sites is 1. The van der Waals surface area contributed by atoms with E-state index in [4.69, 9.17) is 4.74 Å². The average molecular weight is 290 g/mol. The smallest absolute Gasteiger partial charge is 0.0503 e. The molecule has 0 radical (unpaired) electrons. The van der Waals surface area contributed by atoms with Gasteiger partial charge < -0.3 is 15.0 Å². The van der Waals surface area contributed by atoms with Crippen molar-refractivity contribution in [2.75, 3.05) is 38.7 Å². The fourth-order valence-electron chi connectivity index (χ4n) is 3.22. The lowest BCUT2D eigenvalue weighted by Crippen LogP contribution is -2.39. The lowest BCUT2D eigenvalue weighted by Gasteiger charge is -2.35. The molecule has 1 atom stereocenters. The van der Waals surface area contributed by atoms with E-state index in [1.54, 1.807) is 7.11 Å². The zero-order chi connectivity index (χ0) is 15.1. The Morgan fingerprint density at radius 3 is 2.67 bits per heavy atom. The fraction of sp³-hybridized carbons (Fsp3) is 0.667. The van der Waals surface area contributed by atoms with E-state index >= 15 is 0 Å². The Balaban J connectivity index is 1.92. The summed E-state index contributed by atoms with van der Waals surface area (Å²) in [6.45, 7) is 9.06. The second kappa shape index (κ2) is 8.40. The minimum atomic E-state index is 0.535. The first-order valence-electron chi connectivity index (χ1n) is 8.30. The van der Waals surface area contributed by atoms with Gasteiger partial charge in [0, 0.05) is 18.8 Å². The van der Waals surface area contributed by atoms with Crippen molar-refractivity contribution in [3.8, 4) is 0 Å². The molecule has 2 rings (SSSR count). The highest BCUT2D eigenvalue weighted by atomic mass is 16.5. The van der Waals surface area contributed by atoms with Gasteiger partial charge in [0.1, 0.15) is 0 Å². The largest absolute Gasteiger partial charge is 0.384 e. The molecule has 3 heteroatoms. The maximum atomic E-state index is 5.21. The second-order valence-electron chi connectivity index (χ2n) is 6.10. The molecule has 1 saturated heterocycles. The minimum absolute atomic E-state index is 0.535. The zero-order valence-electron chi connectivity index (χ0n) is 13.8. The monoisotopic (exact) mass is 290 g/mol. The third-order valence-corrected chi connectivity index (χ3v) is 4.76. The van der Waals surface area contributed by atoms with E-state index in [1.807, 2.05) is 0 Å². The number of hydrogen-bond acceptors (Lipinski definition) is 3. The normalized spacial score (nSPS) is 18.6. The molecule has 0 aromatic heterocycles. The van der Waals surface area contributed by atoms with E-state index in [0.717, 1.165) is 18.9 Å². The molecule has 0 spiro atoms. The Bertz CT molecular complexity index is 413. The number of ether oxygens (including phenoxy) is 1. The van der Waals surface area contributed by atoms with Crippen LogP contribution in [-0.4, -0.2) is 44.3 Å². The van der Waals surface area contributed by atoms with E-state index in [-0.39, 0.29) is 0 Å². The molecule has 1 aliphatic rings. The lowest BCUT2D eigenvalue weighted by atomic mass is 9.90. The molecule has 0 amide bonds. The SMILES string of the molecule is CCN1CCC(C(C)Nc2ccccc2CCOC)CC1. The highest BCUT2D eigenvalue weighted by Crippen LogP contribution is 2.25. The molecule has 1 aromatic rings. The molecule has 3 nitrogen and oxygen atoms in total. The summed E-state index contributed by atoms with van der Waals surface area (Å²) in [6.07, 6.45) is 3.59. The number of likely N-dealkylation sites (tertiary alicyclic amines) is 1. The molecular weight excluding hydrogens is 260 g/mol. The van der Waals surface area contributed by atoms with Crippen LogP contribution in [0.3, 0.4) is 0 Å². The Labute approximate surface area is 129 Å².